The van der Waals surface area contributed by atoms with E-state index in [0.717, 1.165) is 31.2 Å². The van der Waals surface area contributed by atoms with Gasteiger partial charge in [-0.15, -0.1) is 11.3 Å². The third kappa shape index (κ3) is 3.00. The zero-order valence-electron chi connectivity index (χ0n) is 14.0. The molecule has 1 amide bonds. The summed E-state index contributed by atoms with van der Waals surface area (Å²) in [5.41, 5.74) is 0.195. The minimum atomic E-state index is -0.719. The van der Waals surface area contributed by atoms with Gasteiger partial charge in [0.2, 0.25) is 0 Å². The Morgan fingerprint density at radius 1 is 1.20 bits per heavy atom. The zero-order chi connectivity index (χ0) is 17.4. The SMILES string of the molecule is O=C(c1cccs1)N1CC[C@@]2(O)CCCC[C@@H]2[C@H]1c1ccc(F)cc1. The Balaban J connectivity index is 1.74. The Hall–Kier alpha value is -1.72. The first kappa shape index (κ1) is 16.7. The summed E-state index contributed by atoms with van der Waals surface area (Å²) in [6.07, 6.45) is 4.39. The molecule has 1 aromatic heterocycles. The number of nitrogens with zero attached hydrogens (tertiary/aromatic N) is 1. The maximum Gasteiger partial charge on any atom is 0.264 e. The van der Waals surface area contributed by atoms with E-state index < -0.39 is 5.60 Å². The summed E-state index contributed by atoms with van der Waals surface area (Å²) in [5, 5.41) is 13.1. The van der Waals surface area contributed by atoms with Crippen molar-refractivity contribution < 1.29 is 14.3 Å². The summed E-state index contributed by atoms with van der Waals surface area (Å²) < 4.78 is 13.4. The lowest BCUT2D eigenvalue weighted by Gasteiger charge is -2.52. The van der Waals surface area contributed by atoms with Gasteiger partial charge in [-0.1, -0.05) is 31.0 Å². The molecule has 2 aliphatic rings. The molecule has 2 aromatic rings. The van der Waals surface area contributed by atoms with Crippen LogP contribution in [0, 0.1) is 11.7 Å². The van der Waals surface area contributed by atoms with E-state index >= 15 is 0 Å². The van der Waals surface area contributed by atoms with Gasteiger partial charge in [0.25, 0.3) is 5.91 Å². The molecule has 1 N–H and O–H groups in total. The van der Waals surface area contributed by atoms with E-state index in [1.54, 1.807) is 12.1 Å². The highest BCUT2D eigenvalue weighted by molar-refractivity contribution is 7.12. The molecule has 1 aliphatic heterocycles. The first-order valence-corrected chi connectivity index (χ1v) is 9.79. The second-order valence-electron chi connectivity index (χ2n) is 7.18. The first-order valence-electron chi connectivity index (χ1n) is 8.91. The fourth-order valence-electron chi connectivity index (χ4n) is 4.52. The Kier molecular flexibility index (Phi) is 4.38. The number of thiophene rings is 1. The number of hydrogen-bond acceptors (Lipinski definition) is 3. The van der Waals surface area contributed by atoms with Crippen LogP contribution in [0.5, 0.6) is 0 Å². The van der Waals surface area contributed by atoms with Crippen molar-refractivity contribution in [3.8, 4) is 0 Å². The molecule has 4 rings (SSSR count). The highest BCUT2D eigenvalue weighted by Gasteiger charge is 2.50. The normalized spacial score (nSPS) is 29.3. The number of fused-ring (bicyclic) bond motifs is 1. The predicted octanol–water partition coefficient (Wildman–Crippen LogP) is 4.40. The van der Waals surface area contributed by atoms with E-state index in [4.69, 9.17) is 0 Å². The van der Waals surface area contributed by atoms with Crippen LogP contribution in [-0.4, -0.2) is 28.1 Å². The maximum absolute atomic E-state index is 13.4. The molecule has 3 nitrogen and oxygen atoms in total. The van der Waals surface area contributed by atoms with Crippen LogP contribution < -0.4 is 0 Å². The Bertz CT molecular complexity index is 746. The summed E-state index contributed by atoms with van der Waals surface area (Å²) in [6.45, 7) is 0.534. The van der Waals surface area contributed by atoms with Crippen LogP contribution in [0.1, 0.15) is 53.4 Å². The van der Waals surface area contributed by atoms with Crippen molar-refractivity contribution in [2.75, 3.05) is 6.54 Å². The fourth-order valence-corrected chi connectivity index (χ4v) is 5.20. The number of benzene rings is 1. The van der Waals surface area contributed by atoms with E-state index in [1.165, 1.54) is 23.5 Å². The largest absolute Gasteiger partial charge is 0.389 e. The van der Waals surface area contributed by atoms with Crippen molar-refractivity contribution in [3.63, 3.8) is 0 Å². The van der Waals surface area contributed by atoms with Gasteiger partial charge in [-0.25, -0.2) is 4.39 Å². The van der Waals surface area contributed by atoms with Gasteiger partial charge in [-0.2, -0.15) is 0 Å². The summed E-state index contributed by atoms with van der Waals surface area (Å²) in [4.78, 5) is 15.7. The second-order valence-corrected chi connectivity index (χ2v) is 8.13. The monoisotopic (exact) mass is 359 g/mol. The average molecular weight is 359 g/mol. The molecule has 0 radical (unpaired) electrons. The molecule has 1 saturated heterocycles. The van der Waals surface area contributed by atoms with Crippen molar-refractivity contribution in [1.29, 1.82) is 0 Å². The molecule has 2 fully saturated rings. The van der Waals surface area contributed by atoms with Gasteiger partial charge in [0, 0.05) is 12.5 Å². The summed E-state index contributed by atoms with van der Waals surface area (Å²) in [6, 6.07) is 9.93. The molecule has 0 bridgehead atoms. The Morgan fingerprint density at radius 3 is 2.72 bits per heavy atom. The standard InChI is InChI=1S/C20H22FNO2S/c21-15-8-6-14(7-9-15)18-16-4-1-2-10-20(16,24)11-12-22(18)19(23)17-5-3-13-25-17/h3,5-9,13,16,18,24H,1-2,4,10-12H2/t16-,18-,20+/m1/s1. The molecule has 1 saturated carbocycles. The topological polar surface area (TPSA) is 40.5 Å². The van der Waals surface area contributed by atoms with Crippen LogP contribution in [-0.2, 0) is 0 Å². The molecule has 5 heteroatoms. The van der Waals surface area contributed by atoms with Gasteiger partial charge in [-0.3, -0.25) is 4.79 Å². The minimum Gasteiger partial charge on any atom is -0.389 e. The number of hydrogen-bond donors (Lipinski definition) is 1. The molecule has 0 unspecified atom stereocenters. The maximum atomic E-state index is 13.4. The molecule has 1 aliphatic carbocycles. The fraction of sp³-hybridized carbons (Fsp3) is 0.450. The van der Waals surface area contributed by atoms with Gasteiger partial charge in [0.1, 0.15) is 5.82 Å². The van der Waals surface area contributed by atoms with E-state index in [-0.39, 0.29) is 23.7 Å². The highest BCUT2D eigenvalue weighted by atomic mass is 32.1. The van der Waals surface area contributed by atoms with Crippen molar-refractivity contribution >= 4 is 17.2 Å². The van der Waals surface area contributed by atoms with Crippen molar-refractivity contribution in [3.05, 3.63) is 58.0 Å². The number of amides is 1. The number of halogens is 1. The number of carbonyl (C=O) groups is 1. The zero-order valence-corrected chi connectivity index (χ0v) is 14.8. The van der Waals surface area contributed by atoms with Gasteiger partial charge < -0.3 is 10.0 Å². The first-order chi connectivity index (χ1) is 12.1. The number of rotatable bonds is 2. The van der Waals surface area contributed by atoms with Crippen molar-refractivity contribution in [2.24, 2.45) is 5.92 Å². The van der Waals surface area contributed by atoms with E-state index in [0.29, 0.717) is 17.8 Å². The minimum absolute atomic E-state index is 0.00405. The van der Waals surface area contributed by atoms with Gasteiger partial charge >= 0.3 is 0 Å². The lowest BCUT2D eigenvalue weighted by Crippen LogP contribution is -2.56. The third-order valence-corrected chi connectivity index (χ3v) is 6.63. The molecule has 3 atom stereocenters. The lowest BCUT2D eigenvalue weighted by molar-refractivity contribution is -0.114. The molecule has 1 aromatic carbocycles. The van der Waals surface area contributed by atoms with Crippen molar-refractivity contribution in [2.45, 2.75) is 43.7 Å². The van der Waals surface area contributed by atoms with E-state index in [9.17, 15) is 14.3 Å². The van der Waals surface area contributed by atoms with Gasteiger partial charge in [0.15, 0.2) is 0 Å². The average Bonchev–Trinajstić information content (AvgIpc) is 3.15. The summed E-state index contributed by atoms with van der Waals surface area (Å²) >= 11 is 1.44. The molecular formula is C20H22FNO2S. The second kappa shape index (κ2) is 6.54. The molecule has 132 valence electrons. The lowest BCUT2D eigenvalue weighted by atomic mass is 9.66. The smallest absolute Gasteiger partial charge is 0.264 e. The van der Waals surface area contributed by atoms with Crippen LogP contribution >= 0.6 is 11.3 Å². The summed E-state index contributed by atoms with van der Waals surface area (Å²) in [7, 11) is 0. The van der Waals surface area contributed by atoms with Crippen molar-refractivity contribution in [1.82, 2.24) is 4.90 Å². The number of piperidine rings is 1. The quantitative estimate of drug-likeness (QED) is 0.864. The molecule has 25 heavy (non-hydrogen) atoms. The van der Waals surface area contributed by atoms with Crippen LogP contribution in [0.25, 0.3) is 0 Å². The number of likely N-dealkylation sites (tertiary alicyclic amines) is 1. The molecule has 2 heterocycles. The molecular weight excluding hydrogens is 337 g/mol. The van der Waals surface area contributed by atoms with Gasteiger partial charge in [0.05, 0.1) is 16.5 Å². The van der Waals surface area contributed by atoms with E-state index in [1.807, 2.05) is 22.4 Å². The predicted molar refractivity (Wildman–Crippen MR) is 96.0 cm³/mol. The van der Waals surface area contributed by atoms with E-state index in [2.05, 4.69) is 0 Å². The summed E-state index contributed by atoms with van der Waals surface area (Å²) in [5.74, 6) is -0.268. The third-order valence-electron chi connectivity index (χ3n) is 5.77. The van der Waals surface area contributed by atoms with Crippen LogP contribution in [0.3, 0.4) is 0 Å². The highest BCUT2D eigenvalue weighted by Crippen LogP contribution is 2.49. The number of aliphatic hydroxyl groups is 1. The Morgan fingerprint density at radius 2 is 2.00 bits per heavy atom. The van der Waals surface area contributed by atoms with Crippen LogP contribution in [0.4, 0.5) is 4.39 Å². The van der Waals surface area contributed by atoms with Crippen LogP contribution in [0.15, 0.2) is 41.8 Å². The van der Waals surface area contributed by atoms with Crippen LogP contribution in [0.2, 0.25) is 0 Å². The molecule has 0 spiro atoms. The van der Waals surface area contributed by atoms with Gasteiger partial charge in [-0.05, 0) is 48.4 Å². The number of carbonyl (C=O) groups excluding carboxylic acids is 1. The Labute approximate surface area is 151 Å².